The number of carboxylic acids is 1. The molecule has 1 atom stereocenters. The van der Waals surface area contributed by atoms with Gasteiger partial charge in [-0.25, -0.2) is 17.9 Å². The van der Waals surface area contributed by atoms with E-state index in [9.17, 15) is 18.0 Å². The number of carbonyl (C=O) groups is 2. The predicted octanol–water partition coefficient (Wildman–Crippen LogP) is 0.203. The van der Waals surface area contributed by atoms with E-state index in [4.69, 9.17) is 9.84 Å². The number of carbonyl (C=O) groups excluding carboxylic acids is 1. The molecule has 0 aliphatic heterocycles. The second-order valence-corrected chi connectivity index (χ2v) is 6.83. The third-order valence-corrected chi connectivity index (χ3v) is 4.43. The first-order valence-electron chi connectivity index (χ1n) is 6.82. The summed E-state index contributed by atoms with van der Waals surface area (Å²) in [5.74, 6) is -1.85. The van der Waals surface area contributed by atoms with Crippen LogP contribution in [-0.2, 0) is 19.6 Å². The van der Waals surface area contributed by atoms with Crippen LogP contribution < -0.4 is 10.0 Å². The summed E-state index contributed by atoms with van der Waals surface area (Å²) in [6.45, 7) is 3.22. The number of ether oxygens (including phenoxy) is 1. The molecule has 1 aromatic carbocycles. The van der Waals surface area contributed by atoms with Crippen molar-refractivity contribution in [3.05, 3.63) is 29.8 Å². The van der Waals surface area contributed by atoms with Gasteiger partial charge in [-0.3, -0.25) is 4.79 Å². The van der Waals surface area contributed by atoms with E-state index in [1.807, 2.05) is 0 Å². The highest BCUT2D eigenvalue weighted by atomic mass is 32.2. The number of amides is 1. The maximum Gasteiger partial charge on any atom is 0.328 e. The summed E-state index contributed by atoms with van der Waals surface area (Å²) in [5.41, 5.74) is 0.149. The Morgan fingerprint density at radius 1 is 1.22 bits per heavy atom. The average Bonchev–Trinajstić information content (AvgIpc) is 2.45. The molecule has 0 aliphatic rings. The molecule has 0 saturated carbocycles. The van der Waals surface area contributed by atoms with Gasteiger partial charge in [-0.1, -0.05) is 0 Å². The lowest BCUT2D eigenvalue weighted by atomic mass is 10.2. The molecule has 0 bridgehead atoms. The molecule has 1 unspecified atom stereocenters. The van der Waals surface area contributed by atoms with Crippen LogP contribution in [0.4, 0.5) is 0 Å². The second-order valence-electron chi connectivity index (χ2n) is 5.12. The van der Waals surface area contributed by atoms with E-state index in [0.717, 1.165) is 0 Å². The van der Waals surface area contributed by atoms with Gasteiger partial charge in [0, 0.05) is 18.7 Å². The maximum absolute atomic E-state index is 12.0. The predicted molar refractivity (Wildman–Crippen MR) is 82.7 cm³/mol. The fourth-order valence-corrected chi connectivity index (χ4v) is 3.00. The van der Waals surface area contributed by atoms with Crippen molar-refractivity contribution in [2.24, 2.45) is 0 Å². The van der Waals surface area contributed by atoms with E-state index in [1.165, 1.54) is 31.4 Å². The Hall–Kier alpha value is -1.97. The van der Waals surface area contributed by atoms with Crippen LogP contribution in [-0.4, -0.2) is 51.2 Å². The number of sulfonamides is 1. The first kappa shape index (κ1) is 19.1. The van der Waals surface area contributed by atoms with Crippen molar-refractivity contribution in [3.8, 4) is 0 Å². The molecule has 0 fully saturated rings. The molecule has 128 valence electrons. The van der Waals surface area contributed by atoms with Gasteiger partial charge in [0.05, 0.1) is 11.5 Å². The lowest BCUT2D eigenvalue weighted by Gasteiger charge is -2.14. The molecule has 0 aromatic heterocycles. The summed E-state index contributed by atoms with van der Waals surface area (Å²) in [6, 6.07) is 3.76. The standard InChI is InChI=1S/C14H20N2O6S/c1-9(2)16-23(20,21)11-6-4-10(5-7-11)13(17)15-12(8-22-3)14(18)19/h4-7,9,12,16H,8H2,1-3H3,(H,15,17)(H,18,19). The average molecular weight is 344 g/mol. The van der Waals surface area contributed by atoms with E-state index >= 15 is 0 Å². The summed E-state index contributed by atoms with van der Waals surface area (Å²) in [4.78, 5) is 23.0. The molecule has 0 aliphatic carbocycles. The zero-order valence-corrected chi connectivity index (χ0v) is 13.9. The van der Waals surface area contributed by atoms with Crippen molar-refractivity contribution in [1.29, 1.82) is 0 Å². The third-order valence-electron chi connectivity index (χ3n) is 2.75. The van der Waals surface area contributed by atoms with Crippen LogP contribution in [0.2, 0.25) is 0 Å². The van der Waals surface area contributed by atoms with E-state index in [0.29, 0.717) is 0 Å². The number of hydrogen-bond acceptors (Lipinski definition) is 5. The number of benzene rings is 1. The molecule has 0 saturated heterocycles. The molecule has 0 radical (unpaired) electrons. The van der Waals surface area contributed by atoms with Crippen LogP contribution in [0.5, 0.6) is 0 Å². The van der Waals surface area contributed by atoms with E-state index in [-0.39, 0.29) is 23.1 Å². The first-order valence-corrected chi connectivity index (χ1v) is 8.30. The summed E-state index contributed by atoms with van der Waals surface area (Å²) in [6.07, 6.45) is 0. The number of hydrogen-bond donors (Lipinski definition) is 3. The van der Waals surface area contributed by atoms with Gasteiger partial charge in [-0.15, -0.1) is 0 Å². The smallest absolute Gasteiger partial charge is 0.328 e. The minimum atomic E-state index is -3.64. The topological polar surface area (TPSA) is 122 Å². The van der Waals surface area contributed by atoms with Crippen LogP contribution in [0, 0.1) is 0 Å². The highest BCUT2D eigenvalue weighted by molar-refractivity contribution is 7.89. The third kappa shape index (κ3) is 5.62. The Bertz CT molecular complexity index is 654. The highest BCUT2D eigenvalue weighted by Crippen LogP contribution is 2.11. The molecule has 8 nitrogen and oxygen atoms in total. The molecule has 1 aromatic rings. The van der Waals surface area contributed by atoms with Crippen molar-refractivity contribution in [2.75, 3.05) is 13.7 Å². The highest BCUT2D eigenvalue weighted by Gasteiger charge is 2.21. The van der Waals surface area contributed by atoms with Gasteiger partial charge in [0.15, 0.2) is 6.04 Å². The number of rotatable bonds is 8. The largest absolute Gasteiger partial charge is 0.480 e. The molecule has 3 N–H and O–H groups in total. The summed E-state index contributed by atoms with van der Waals surface area (Å²) >= 11 is 0. The van der Waals surface area contributed by atoms with Crippen molar-refractivity contribution in [2.45, 2.75) is 30.8 Å². The van der Waals surface area contributed by atoms with Crippen LogP contribution in [0.25, 0.3) is 0 Å². The molecular formula is C14H20N2O6S. The Kier molecular flexibility index (Phi) is 6.67. The van der Waals surface area contributed by atoms with Gasteiger partial charge < -0.3 is 15.2 Å². The van der Waals surface area contributed by atoms with Crippen molar-refractivity contribution in [1.82, 2.24) is 10.0 Å². The lowest BCUT2D eigenvalue weighted by molar-refractivity contribution is -0.140. The summed E-state index contributed by atoms with van der Waals surface area (Å²) in [7, 11) is -2.32. The Morgan fingerprint density at radius 2 is 1.78 bits per heavy atom. The maximum atomic E-state index is 12.0. The zero-order valence-electron chi connectivity index (χ0n) is 13.1. The van der Waals surface area contributed by atoms with Crippen molar-refractivity contribution in [3.63, 3.8) is 0 Å². The van der Waals surface area contributed by atoms with E-state index < -0.39 is 27.9 Å². The van der Waals surface area contributed by atoms with Gasteiger partial charge in [-0.2, -0.15) is 0 Å². The first-order chi connectivity index (χ1) is 10.7. The Morgan fingerprint density at radius 3 is 2.22 bits per heavy atom. The molecular weight excluding hydrogens is 324 g/mol. The van der Waals surface area contributed by atoms with Gasteiger partial charge in [0.25, 0.3) is 5.91 Å². The van der Waals surface area contributed by atoms with E-state index in [1.54, 1.807) is 13.8 Å². The van der Waals surface area contributed by atoms with Crippen LogP contribution >= 0.6 is 0 Å². The van der Waals surface area contributed by atoms with E-state index in [2.05, 4.69) is 10.0 Å². The molecule has 23 heavy (non-hydrogen) atoms. The molecule has 0 heterocycles. The number of carboxylic acid groups (broad SMARTS) is 1. The molecule has 0 spiro atoms. The fourth-order valence-electron chi connectivity index (χ4n) is 1.75. The van der Waals surface area contributed by atoms with Crippen LogP contribution in [0.15, 0.2) is 29.2 Å². The van der Waals surface area contributed by atoms with Gasteiger partial charge >= 0.3 is 5.97 Å². The lowest BCUT2D eigenvalue weighted by Crippen LogP contribution is -2.43. The van der Waals surface area contributed by atoms with Crippen molar-refractivity contribution < 1.29 is 27.9 Å². The monoisotopic (exact) mass is 344 g/mol. The van der Waals surface area contributed by atoms with Gasteiger partial charge in [0.1, 0.15) is 0 Å². The van der Waals surface area contributed by atoms with Crippen LogP contribution in [0.1, 0.15) is 24.2 Å². The van der Waals surface area contributed by atoms with Crippen molar-refractivity contribution >= 4 is 21.9 Å². The number of nitrogens with one attached hydrogen (secondary N) is 2. The van der Waals surface area contributed by atoms with Gasteiger partial charge in [0.2, 0.25) is 10.0 Å². The molecule has 1 rings (SSSR count). The minimum absolute atomic E-state index is 0.0226. The summed E-state index contributed by atoms with van der Waals surface area (Å²) < 4.78 is 31.1. The fraction of sp³-hybridized carbons (Fsp3) is 0.429. The number of aliphatic carboxylic acids is 1. The quantitative estimate of drug-likeness (QED) is 0.619. The second kappa shape index (κ2) is 8.04. The summed E-state index contributed by atoms with van der Waals surface area (Å²) in [5, 5.41) is 11.2. The van der Waals surface area contributed by atoms with Crippen LogP contribution in [0.3, 0.4) is 0 Å². The SMILES string of the molecule is COCC(NC(=O)c1ccc(S(=O)(=O)NC(C)C)cc1)C(=O)O. The molecule has 9 heteroatoms. The number of methoxy groups -OCH3 is 1. The zero-order chi connectivity index (χ0) is 17.6. The Labute approximate surface area is 134 Å². The Balaban J connectivity index is 2.87. The minimum Gasteiger partial charge on any atom is -0.480 e. The normalized spacial score (nSPS) is 12.9. The van der Waals surface area contributed by atoms with Gasteiger partial charge in [-0.05, 0) is 38.1 Å². The molecule has 1 amide bonds.